The van der Waals surface area contributed by atoms with Crippen molar-refractivity contribution >= 4 is 6.22 Å². The van der Waals surface area contributed by atoms with E-state index in [4.69, 9.17) is 4.74 Å². The zero-order chi connectivity index (χ0) is 7.56. The average Bonchev–Trinajstić information content (AvgIpc) is 1.76. The van der Waals surface area contributed by atoms with Crippen LogP contribution in [0.25, 0.3) is 0 Å². The lowest BCUT2D eigenvalue weighted by Crippen LogP contribution is -2.51. The van der Waals surface area contributed by atoms with Gasteiger partial charge in [-0.2, -0.15) is 0 Å². The van der Waals surface area contributed by atoms with Gasteiger partial charge in [-0.15, -0.1) is 9.45 Å². The van der Waals surface area contributed by atoms with Gasteiger partial charge in [-0.05, 0) is 0 Å². The maximum atomic E-state index is 11.5. The van der Waals surface area contributed by atoms with E-state index in [1.54, 1.807) is 7.11 Å². The average molecular weight is 149 g/mol. The van der Waals surface area contributed by atoms with Crippen LogP contribution in [0.15, 0.2) is 0 Å². The molecule has 0 amide bonds. The van der Waals surface area contributed by atoms with Gasteiger partial charge in [0.15, 0.2) is 0 Å². The molecule has 0 bridgehead atoms. The van der Waals surface area contributed by atoms with Crippen LogP contribution in [0.3, 0.4) is 0 Å². The fraction of sp³-hybridized carbons (Fsp3) is 0.800. The Hall–Kier alpha value is -0.680. The highest BCUT2D eigenvalue weighted by molar-refractivity contribution is 5.57. The summed E-state index contributed by atoms with van der Waals surface area (Å²) in [5.41, 5.74) is 0. The topological polar surface area (TPSA) is 38.8 Å². The molecule has 0 N–H and O–H groups in total. The maximum Gasteiger partial charge on any atom is 0.514 e. The summed E-state index contributed by atoms with van der Waals surface area (Å²) in [5.74, 6) is 0. The number of halogens is 1. The molecule has 1 aliphatic rings. The summed E-state index contributed by atoms with van der Waals surface area (Å²) < 4.78 is 16.3. The summed E-state index contributed by atoms with van der Waals surface area (Å²) in [6, 6.07) is 0. The molecule has 0 aliphatic carbocycles. The second-order valence-electron chi connectivity index (χ2n) is 2.03. The number of carbonyl (C=O) groups is 1. The summed E-state index contributed by atoms with van der Waals surface area (Å²) in [6.45, 7) is 0.901. The normalized spacial score (nSPS) is 20.2. The van der Waals surface area contributed by atoms with Gasteiger partial charge >= 0.3 is 6.22 Å². The number of rotatable bonds is 2. The quantitative estimate of drug-likeness (QED) is 0.530. The van der Waals surface area contributed by atoms with E-state index in [0.717, 1.165) is 0 Å². The standard InChI is InChI=1S/C5H8FNO3/c1-9-4-2-7(3-4)10-5(6)8/h4H,2-3H2,1H3. The molecule has 0 aromatic heterocycles. The summed E-state index contributed by atoms with van der Waals surface area (Å²) in [4.78, 5) is 13.7. The smallest absolute Gasteiger partial charge is 0.379 e. The van der Waals surface area contributed by atoms with Crippen LogP contribution in [0, 0.1) is 0 Å². The van der Waals surface area contributed by atoms with Gasteiger partial charge in [0.05, 0.1) is 19.2 Å². The molecule has 4 nitrogen and oxygen atoms in total. The Kier molecular flexibility index (Phi) is 2.18. The Bertz CT molecular complexity index is 135. The molecule has 0 spiro atoms. The van der Waals surface area contributed by atoms with Crippen molar-refractivity contribution in [2.75, 3.05) is 20.2 Å². The maximum absolute atomic E-state index is 11.5. The van der Waals surface area contributed by atoms with Gasteiger partial charge in [0.25, 0.3) is 0 Å². The first-order valence-corrected chi connectivity index (χ1v) is 2.87. The molecular weight excluding hydrogens is 141 g/mol. The number of hydrogen-bond acceptors (Lipinski definition) is 4. The van der Waals surface area contributed by atoms with Gasteiger partial charge in [0, 0.05) is 7.11 Å². The first-order chi connectivity index (χ1) is 4.72. The van der Waals surface area contributed by atoms with E-state index in [1.807, 2.05) is 0 Å². The molecule has 0 radical (unpaired) electrons. The van der Waals surface area contributed by atoms with E-state index < -0.39 is 6.22 Å². The number of hydrogen-bond donors (Lipinski definition) is 0. The van der Waals surface area contributed by atoms with Crippen LogP contribution >= 0.6 is 0 Å². The molecule has 0 aromatic carbocycles. The molecule has 1 rings (SSSR count). The van der Waals surface area contributed by atoms with Crippen LogP contribution in [0.4, 0.5) is 9.18 Å². The van der Waals surface area contributed by atoms with Crippen LogP contribution in [-0.4, -0.2) is 37.6 Å². The number of methoxy groups -OCH3 is 1. The Balaban J connectivity index is 2.08. The SMILES string of the molecule is COC1CN(OC(=O)F)C1. The third-order valence-corrected chi connectivity index (χ3v) is 1.35. The molecule has 0 saturated carbocycles. The second-order valence-corrected chi connectivity index (χ2v) is 2.03. The summed E-state index contributed by atoms with van der Waals surface area (Å²) in [7, 11) is 1.55. The summed E-state index contributed by atoms with van der Waals surface area (Å²) in [5, 5.41) is 1.20. The molecular formula is C5H8FNO3. The van der Waals surface area contributed by atoms with Gasteiger partial charge in [-0.25, -0.2) is 4.79 Å². The molecule has 0 aromatic rings. The van der Waals surface area contributed by atoms with E-state index in [-0.39, 0.29) is 6.10 Å². The molecule has 0 unspecified atom stereocenters. The number of hydroxylamine groups is 2. The monoisotopic (exact) mass is 149 g/mol. The van der Waals surface area contributed by atoms with Crippen molar-refractivity contribution in [3.63, 3.8) is 0 Å². The zero-order valence-electron chi connectivity index (χ0n) is 5.54. The minimum absolute atomic E-state index is 0.0688. The Morgan fingerprint density at radius 2 is 2.30 bits per heavy atom. The third-order valence-electron chi connectivity index (χ3n) is 1.35. The molecule has 1 heterocycles. The fourth-order valence-electron chi connectivity index (χ4n) is 0.726. The zero-order valence-corrected chi connectivity index (χ0v) is 5.54. The lowest BCUT2D eigenvalue weighted by atomic mass is 10.2. The Morgan fingerprint density at radius 3 is 2.70 bits per heavy atom. The molecule has 0 atom stereocenters. The van der Waals surface area contributed by atoms with E-state index >= 15 is 0 Å². The molecule has 58 valence electrons. The fourth-order valence-corrected chi connectivity index (χ4v) is 0.726. The Labute approximate surface area is 57.5 Å². The van der Waals surface area contributed by atoms with Crippen LogP contribution in [0.2, 0.25) is 0 Å². The largest absolute Gasteiger partial charge is 0.514 e. The first-order valence-electron chi connectivity index (χ1n) is 2.87. The molecule has 1 saturated heterocycles. The minimum Gasteiger partial charge on any atom is -0.379 e. The van der Waals surface area contributed by atoms with Crippen molar-refractivity contribution in [2.24, 2.45) is 0 Å². The lowest BCUT2D eigenvalue weighted by Gasteiger charge is -2.34. The lowest BCUT2D eigenvalue weighted by molar-refractivity contribution is -0.203. The highest BCUT2D eigenvalue weighted by atomic mass is 19.1. The van der Waals surface area contributed by atoms with E-state index in [1.165, 1.54) is 5.06 Å². The van der Waals surface area contributed by atoms with E-state index in [9.17, 15) is 9.18 Å². The van der Waals surface area contributed by atoms with Gasteiger partial charge < -0.3 is 9.57 Å². The molecule has 5 heteroatoms. The predicted molar refractivity (Wildman–Crippen MR) is 30.0 cm³/mol. The van der Waals surface area contributed by atoms with Crippen LogP contribution < -0.4 is 0 Å². The van der Waals surface area contributed by atoms with Crippen molar-refractivity contribution in [3.05, 3.63) is 0 Å². The molecule has 1 fully saturated rings. The Morgan fingerprint density at radius 1 is 1.70 bits per heavy atom. The van der Waals surface area contributed by atoms with Crippen molar-refractivity contribution in [3.8, 4) is 0 Å². The summed E-state index contributed by atoms with van der Waals surface area (Å²) >= 11 is 0. The van der Waals surface area contributed by atoms with E-state index in [0.29, 0.717) is 13.1 Å². The number of nitrogens with zero attached hydrogens (tertiary/aromatic N) is 1. The van der Waals surface area contributed by atoms with Gasteiger partial charge in [0.1, 0.15) is 0 Å². The van der Waals surface area contributed by atoms with Crippen molar-refractivity contribution in [2.45, 2.75) is 6.10 Å². The van der Waals surface area contributed by atoms with Crippen molar-refractivity contribution in [1.82, 2.24) is 5.06 Å². The van der Waals surface area contributed by atoms with Crippen LogP contribution in [-0.2, 0) is 9.57 Å². The minimum atomic E-state index is -1.77. The first kappa shape index (κ1) is 7.43. The number of ether oxygens (including phenoxy) is 1. The van der Waals surface area contributed by atoms with Gasteiger partial charge in [-0.3, -0.25) is 0 Å². The molecule has 10 heavy (non-hydrogen) atoms. The van der Waals surface area contributed by atoms with Crippen molar-refractivity contribution < 1.29 is 18.8 Å². The highest BCUT2D eigenvalue weighted by Gasteiger charge is 2.29. The van der Waals surface area contributed by atoms with Gasteiger partial charge in [-0.1, -0.05) is 0 Å². The number of carbonyl (C=O) groups excluding carboxylic acids is 1. The van der Waals surface area contributed by atoms with E-state index in [2.05, 4.69) is 4.84 Å². The predicted octanol–water partition coefficient (Wildman–Crippen LogP) is 0.338. The van der Waals surface area contributed by atoms with Crippen molar-refractivity contribution in [1.29, 1.82) is 0 Å². The molecule has 1 aliphatic heterocycles. The van der Waals surface area contributed by atoms with Crippen LogP contribution in [0.1, 0.15) is 0 Å². The van der Waals surface area contributed by atoms with Crippen LogP contribution in [0.5, 0.6) is 0 Å². The summed E-state index contributed by atoms with van der Waals surface area (Å²) in [6.07, 6.45) is -1.70. The van der Waals surface area contributed by atoms with Gasteiger partial charge in [0.2, 0.25) is 0 Å². The third kappa shape index (κ3) is 1.65. The second kappa shape index (κ2) is 2.94. The highest BCUT2D eigenvalue weighted by Crippen LogP contribution is 2.10.